The summed E-state index contributed by atoms with van der Waals surface area (Å²) in [5.41, 5.74) is 5.19. The van der Waals surface area contributed by atoms with E-state index in [-0.39, 0.29) is 11.1 Å². The number of halogens is 4. The molecule has 6 aromatic heterocycles. The first kappa shape index (κ1) is 44.9. The van der Waals surface area contributed by atoms with E-state index in [4.69, 9.17) is 51.4 Å². The fraction of sp³-hybridized carbons (Fsp3) is 0.319. The fourth-order valence-corrected chi connectivity index (χ4v) is 9.94. The van der Waals surface area contributed by atoms with Crippen LogP contribution in [0.1, 0.15) is 74.6 Å². The average molecular weight is 981 g/mol. The number of anilines is 4. The van der Waals surface area contributed by atoms with Crippen molar-refractivity contribution in [2.24, 2.45) is 0 Å². The first-order valence-electron chi connectivity index (χ1n) is 22.4. The molecule has 0 bridgehead atoms. The molecule has 1 aliphatic carbocycles. The average Bonchev–Trinajstić information content (AvgIpc) is 3.90. The molecule has 0 spiro atoms. The van der Waals surface area contributed by atoms with Crippen LogP contribution in [0.2, 0.25) is 20.1 Å². The normalized spacial score (nSPS) is 15.7. The number of nitrogens with zero attached hydrogens (tertiary/aromatic N) is 10. The molecule has 2 saturated heterocycles. The Morgan fingerprint density at radius 1 is 0.597 bits per heavy atom. The number of benzene rings is 2. The van der Waals surface area contributed by atoms with Gasteiger partial charge in [-0.25, -0.2) is 19.9 Å². The van der Waals surface area contributed by atoms with Crippen molar-refractivity contribution in [3.05, 3.63) is 138 Å². The summed E-state index contributed by atoms with van der Waals surface area (Å²) in [5.74, 6) is 1.20. The largest absolute Gasteiger partial charge is 0.321 e. The Hall–Kier alpha value is -5.88. The summed E-state index contributed by atoms with van der Waals surface area (Å²) in [6, 6.07) is 11.2. The van der Waals surface area contributed by atoms with Crippen LogP contribution in [0.3, 0.4) is 0 Å². The van der Waals surface area contributed by atoms with E-state index in [0.29, 0.717) is 89.6 Å². The molecule has 2 aromatic carbocycles. The molecule has 0 radical (unpaired) electrons. The standard InChI is InChI=1S/C24H23Cl2N7O.C23H23Cl2N7O/c25-19-2-1-3-20(26)22(19)32-13-18(14-4-5-14)21-17(23(32)34)11-28-24(31-21)30-15-10-29-33(12-15)16-6-8-27-9-7-16;1-2-14-12-31(21-18(24)4-3-5-19(21)25)22(33)17-11-27-23(30-20(14)17)29-15-10-28-32(13-15)16-6-8-26-9-7-16/h1-3,10-14,16,27H,4-9H2,(H,28,30,31);3-5,10-13,16,26H,2,6-9H2,1H3,(H,27,29,30). The van der Waals surface area contributed by atoms with E-state index < -0.39 is 0 Å². The molecular formula is C47H46Cl4N14O2. The first-order chi connectivity index (χ1) is 32.6. The van der Waals surface area contributed by atoms with Gasteiger partial charge in [0, 0.05) is 37.2 Å². The molecular weight excluding hydrogens is 934 g/mol. The van der Waals surface area contributed by atoms with Crippen molar-refractivity contribution >= 4 is 91.5 Å². The summed E-state index contributed by atoms with van der Waals surface area (Å²) >= 11 is 25.5. The highest BCUT2D eigenvalue weighted by molar-refractivity contribution is 6.38. The Morgan fingerprint density at radius 3 is 1.51 bits per heavy atom. The van der Waals surface area contributed by atoms with Crippen molar-refractivity contribution in [1.82, 2.24) is 59.3 Å². The van der Waals surface area contributed by atoms with Gasteiger partial charge in [-0.05, 0) is 112 Å². The zero-order valence-electron chi connectivity index (χ0n) is 36.4. The number of aryl methyl sites for hydroxylation is 1. The first-order valence-corrected chi connectivity index (χ1v) is 23.9. The van der Waals surface area contributed by atoms with Crippen LogP contribution in [0.15, 0.2) is 95.6 Å². The number of aromatic nitrogens is 10. The molecule has 8 heterocycles. The summed E-state index contributed by atoms with van der Waals surface area (Å²) in [6.07, 6.45) is 21.2. The van der Waals surface area contributed by atoms with Gasteiger partial charge < -0.3 is 21.3 Å². The van der Waals surface area contributed by atoms with E-state index in [1.165, 1.54) is 9.13 Å². The zero-order valence-corrected chi connectivity index (χ0v) is 39.4. The summed E-state index contributed by atoms with van der Waals surface area (Å²) in [5, 5.41) is 24.7. The number of rotatable bonds is 10. The van der Waals surface area contributed by atoms with Crippen molar-refractivity contribution in [3.63, 3.8) is 0 Å². The highest BCUT2D eigenvalue weighted by Gasteiger charge is 2.29. The predicted octanol–water partition coefficient (Wildman–Crippen LogP) is 9.34. The van der Waals surface area contributed by atoms with Gasteiger partial charge in [0.15, 0.2) is 0 Å². The molecule has 0 amide bonds. The van der Waals surface area contributed by atoms with Crippen molar-refractivity contribution in [3.8, 4) is 11.4 Å². The summed E-state index contributed by atoms with van der Waals surface area (Å²) in [7, 11) is 0. The van der Waals surface area contributed by atoms with Gasteiger partial charge in [0.1, 0.15) is 0 Å². The van der Waals surface area contributed by atoms with Crippen molar-refractivity contribution < 1.29 is 0 Å². The Kier molecular flexibility index (Phi) is 13.0. The lowest BCUT2D eigenvalue weighted by atomic mass is 10.1. The number of nitrogens with one attached hydrogen (secondary N) is 4. The van der Waals surface area contributed by atoms with Gasteiger partial charge in [0.25, 0.3) is 11.1 Å². The SMILES string of the molecule is CCc1cn(-c2c(Cl)cccc2Cl)c(=O)c2cnc(Nc3cnn(C4CCNCC4)c3)nc12.O=c1c2cnc(Nc3cnn(C4CCNCC4)c3)nc2c(C2CC2)cn1-c1c(Cl)cccc1Cl. The quantitative estimate of drug-likeness (QED) is 0.102. The number of piperidine rings is 2. The van der Waals surface area contributed by atoms with Crippen LogP contribution in [-0.4, -0.2) is 74.8 Å². The Balaban J connectivity index is 0.000000157. The Labute approximate surface area is 404 Å². The van der Waals surface area contributed by atoms with Crippen LogP contribution >= 0.6 is 46.4 Å². The summed E-state index contributed by atoms with van der Waals surface area (Å²) in [6.45, 7) is 6.01. The van der Waals surface area contributed by atoms with Crippen LogP contribution in [0.4, 0.5) is 23.3 Å². The monoisotopic (exact) mass is 978 g/mol. The highest BCUT2D eigenvalue weighted by Crippen LogP contribution is 2.43. The lowest BCUT2D eigenvalue weighted by Gasteiger charge is -2.22. The minimum atomic E-state index is -0.275. The maximum atomic E-state index is 13.4. The van der Waals surface area contributed by atoms with Crippen LogP contribution in [0, 0.1) is 0 Å². The van der Waals surface area contributed by atoms with Gasteiger partial charge >= 0.3 is 0 Å². The maximum Gasteiger partial charge on any atom is 0.266 e. The molecule has 4 N–H and O–H groups in total. The minimum absolute atomic E-state index is 0.250. The minimum Gasteiger partial charge on any atom is -0.321 e. The third kappa shape index (κ3) is 9.38. The van der Waals surface area contributed by atoms with E-state index >= 15 is 0 Å². The van der Waals surface area contributed by atoms with Gasteiger partial charge in [-0.15, -0.1) is 0 Å². The molecule has 67 heavy (non-hydrogen) atoms. The number of fused-ring (bicyclic) bond motifs is 2. The number of hydrogen-bond acceptors (Lipinski definition) is 12. The van der Waals surface area contributed by atoms with E-state index in [1.807, 2.05) is 34.9 Å². The van der Waals surface area contributed by atoms with E-state index in [1.54, 1.807) is 67.4 Å². The predicted molar refractivity (Wildman–Crippen MR) is 265 cm³/mol. The van der Waals surface area contributed by atoms with Crippen molar-refractivity contribution in [1.29, 1.82) is 0 Å². The summed E-state index contributed by atoms with van der Waals surface area (Å²) < 4.78 is 7.01. The van der Waals surface area contributed by atoms with Crippen LogP contribution < -0.4 is 32.4 Å². The maximum absolute atomic E-state index is 13.4. The molecule has 3 aliphatic rings. The molecule has 0 unspecified atom stereocenters. The van der Waals surface area contributed by atoms with E-state index in [0.717, 1.165) is 87.2 Å². The molecule has 3 fully saturated rings. The molecule has 1 saturated carbocycles. The Morgan fingerprint density at radius 2 is 1.04 bits per heavy atom. The zero-order chi connectivity index (χ0) is 46.2. The van der Waals surface area contributed by atoms with Gasteiger partial charge in [0.2, 0.25) is 11.9 Å². The molecule has 8 aromatic rings. The second kappa shape index (κ2) is 19.4. The van der Waals surface area contributed by atoms with Gasteiger partial charge in [0.05, 0.1) is 89.1 Å². The van der Waals surface area contributed by atoms with Crippen LogP contribution in [0.5, 0.6) is 0 Å². The smallest absolute Gasteiger partial charge is 0.266 e. The lowest BCUT2D eigenvalue weighted by molar-refractivity contribution is 0.343. The van der Waals surface area contributed by atoms with Crippen LogP contribution in [-0.2, 0) is 6.42 Å². The van der Waals surface area contributed by atoms with Gasteiger partial charge in [-0.2, -0.15) is 10.2 Å². The van der Waals surface area contributed by atoms with Crippen LogP contribution in [0.25, 0.3) is 33.2 Å². The number of para-hydroxylation sites is 2. The number of hydrogen-bond donors (Lipinski definition) is 4. The highest BCUT2D eigenvalue weighted by atomic mass is 35.5. The fourth-order valence-electron chi connectivity index (χ4n) is 8.78. The molecule has 2 aliphatic heterocycles. The van der Waals surface area contributed by atoms with E-state index in [9.17, 15) is 9.59 Å². The van der Waals surface area contributed by atoms with Crippen molar-refractivity contribution in [2.45, 2.75) is 69.9 Å². The third-order valence-corrected chi connectivity index (χ3v) is 13.7. The lowest BCUT2D eigenvalue weighted by Crippen LogP contribution is -2.29. The third-order valence-electron chi connectivity index (χ3n) is 12.4. The molecule has 11 rings (SSSR count). The molecule has 16 nitrogen and oxygen atoms in total. The van der Waals surface area contributed by atoms with Gasteiger partial charge in [-0.3, -0.25) is 28.1 Å². The van der Waals surface area contributed by atoms with Gasteiger partial charge in [-0.1, -0.05) is 65.5 Å². The number of pyridine rings is 2. The van der Waals surface area contributed by atoms with E-state index in [2.05, 4.69) is 46.4 Å². The van der Waals surface area contributed by atoms with Crippen molar-refractivity contribution in [2.75, 3.05) is 36.8 Å². The topological polar surface area (TPSA) is 179 Å². The molecule has 20 heteroatoms. The molecule has 344 valence electrons. The second-order valence-corrected chi connectivity index (χ2v) is 18.5. The molecule has 0 atom stereocenters. The second-order valence-electron chi connectivity index (χ2n) is 16.9. The summed E-state index contributed by atoms with van der Waals surface area (Å²) in [4.78, 5) is 44.9. The Bertz CT molecular complexity index is 3200.